The predicted octanol–water partition coefficient (Wildman–Crippen LogP) is 6.65. The molecule has 0 aliphatic rings. The van der Waals surface area contributed by atoms with Crippen LogP contribution in [0.25, 0.3) is 44.8 Å². The number of hydrogen-bond acceptors (Lipinski definition) is 5. The Morgan fingerprint density at radius 2 is 1.72 bits per heavy atom. The number of imidazole rings is 1. The number of terminal acetylenes is 1. The Kier molecular flexibility index (Phi) is 7.09. The van der Waals surface area contributed by atoms with Gasteiger partial charge < -0.3 is 9.72 Å². The summed E-state index contributed by atoms with van der Waals surface area (Å²) in [5.74, 6) is 4.60. The lowest BCUT2D eigenvalue weighted by molar-refractivity contribution is 0.371. The molecule has 0 bridgehead atoms. The maximum Gasteiger partial charge on any atom is 0.196 e. The topological polar surface area (TPSA) is 87.5 Å². The van der Waals surface area contributed by atoms with Crippen molar-refractivity contribution in [2.45, 2.75) is 19.8 Å². The second-order valence-electron chi connectivity index (χ2n) is 8.27. The maximum atomic E-state index is 9.20. The minimum Gasteiger partial charge on any atom is -0.481 e. The van der Waals surface area contributed by atoms with Gasteiger partial charge >= 0.3 is 0 Å². The molecule has 5 rings (SSSR count). The molecule has 2 aromatic heterocycles. The molecular weight excluding hydrogens is 446 g/mol. The first-order valence-electron chi connectivity index (χ1n) is 11.4. The van der Waals surface area contributed by atoms with Crippen molar-refractivity contribution in [2.75, 3.05) is 6.61 Å². The lowest BCUT2D eigenvalue weighted by Gasteiger charge is -2.11. The quantitative estimate of drug-likeness (QED) is 0.229. The van der Waals surface area contributed by atoms with Crippen molar-refractivity contribution < 1.29 is 4.74 Å². The van der Waals surface area contributed by atoms with E-state index in [1.807, 2.05) is 24.3 Å². The first-order valence-corrected chi connectivity index (χ1v) is 11.4. The summed E-state index contributed by atoms with van der Waals surface area (Å²) in [5, 5.41) is 10.1. The van der Waals surface area contributed by atoms with E-state index in [0.29, 0.717) is 28.9 Å². The zero-order valence-corrected chi connectivity index (χ0v) is 20.2. The fourth-order valence-corrected chi connectivity index (χ4v) is 3.86. The number of benzene rings is 3. The lowest BCUT2D eigenvalue weighted by atomic mass is 9.99. The summed E-state index contributed by atoms with van der Waals surface area (Å²) in [6.07, 6.45) is 5.35. The van der Waals surface area contributed by atoms with Gasteiger partial charge in [-0.2, -0.15) is 5.26 Å². The number of fused-ring (bicyclic) bond motifs is 2. The molecule has 0 aliphatic heterocycles. The first kappa shape index (κ1) is 24.2. The van der Waals surface area contributed by atoms with Gasteiger partial charge in [0.15, 0.2) is 11.6 Å². The minimum absolute atomic E-state index is 0.187. The number of ether oxygens (including phenoxy) is 1. The van der Waals surface area contributed by atoms with E-state index in [-0.39, 0.29) is 6.61 Å². The van der Waals surface area contributed by atoms with Crippen LogP contribution in [0.3, 0.4) is 0 Å². The molecule has 2 heterocycles. The smallest absolute Gasteiger partial charge is 0.196 e. The highest BCUT2D eigenvalue weighted by molar-refractivity contribution is 5.94. The highest BCUT2D eigenvalue weighted by Crippen LogP contribution is 2.32. The number of aromatic amines is 1. The SMILES string of the molecule is C#CCOc1ccc2nc(-c3nc4ccc(C#N)cc4[nH]3)nc(-c3ccc(C(C)C)cc3)c2c1.C=C. The fraction of sp³-hybridized carbons (Fsp3) is 0.133. The Morgan fingerprint density at radius 1 is 0.972 bits per heavy atom. The van der Waals surface area contributed by atoms with E-state index in [4.69, 9.17) is 21.1 Å². The average molecular weight is 472 g/mol. The van der Waals surface area contributed by atoms with Crippen LogP contribution in [0.1, 0.15) is 30.9 Å². The third kappa shape index (κ3) is 4.80. The number of nitrogens with one attached hydrogen (secondary N) is 1. The van der Waals surface area contributed by atoms with Crippen molar-refractivity contribution in [3.05, 3.63) is 84.9 Å². The summed E-state index contributed by atoms with van der Waals surface area (Å²) >= 11 is 0. The number of nitrogens with zero attached hydrogens (tertiary/aromatic N) is 4. The van der Waals surface area contributed by atoms with Gasteiger partial charge in [0, 0.05) is 10.9 Å². The summed E-state index contributed by atoms with van der Waals surface area (Å²) in [5.41, 5.74) is 5.84. The van der Waals surface area contributed by atoms with Gasteiger partial charge in [0.1, 0.15) is 12.4 Å². The highest BCUT2D eigenvalue weighted by Gasteiger charge is 2.16. The van der Waals surface area contributed by atoms with Crippen molar-refractivity contribution >= 4 is 21.9 Å². The monoisotopic (exact) mass is 471 g/mol. The van der Waals surface area contributed by atoms with E-state index >= 15 is 0 Å². The number of rotatable bonds is 5. The molecule has 0 aliphatic carbocycles. The second-order valence-corrected chi connectivity index (χ2v) is 8.27. The molecule has 0 unspecified atom stereocenters. The van der Waals surface area contributed by atoms with Crippen molar-refractivity contribution in [3.8, 4) is 47.1 Å². The number of hydrogen-bond donors (Lipinski definition) is 1. The largest absolute Gasteiger partial charge is 0.481 e. The van der Waals surface area contributed by atoms with Crippen LogP contribution in [0.5, 0.6) is 5.75 Å². The van der Waals surface area contributed by atoms with E-state index in [9.17, 15) is 5.26 Å². The predicted molar refractivity (Wildman–Crippen MR) is 144 cm³/mol. The number of nitriles is 1. The van der Waals surface area contributed by atoms with E-state index in [0.717, 1.165) is 33.2 Å². The van der Waals surface area contributed by atoms with Crippen LogP contribution in [0.4, 0.5) is 0 Å². The standard InChI is InChI=1S/C28H21N5O.C2H4/c1-4-13-34-21-10-12-23-22(15-21)26(20-8-6-19(7-9-20)17(2)3)33-28(30-23)27-31-24-11-5-18(16-29)14-25(24)32-27;1-2/h1,5-12,14-15,17H,13H2,2-3H3,(H,31,32);1-2H2. The molecule has 1 N–H and O–H groups in total. The zero-order chi connectivity index (χ0) is 25.7. The van der Waals surface area contributed by atoms with Crippen LogP contribution in [0.2, 0.25) is 0 Å². The molecule has 5 aromatic rings. The molecule has 0 fully saturated rings. The third-order valence-electron chi connectivity index (χ3n) is 5.66. The third-order valence-corrected chi connectivity index (χ3v) is 5.66. The fourth-order valence-electron chi connectivity index (χ4n) is 3.86. The molecule has 0 saturated heterocycles. The molecule has 0 radical (unpaired) electrons. The van der Waals surface area contributed by atoms with E-state index in [1.54, 1.807) is 12.1 Å². The molecular formula is C30H25N5O. The van der Waals surface area contributed by atoms with E-state index in [2.05, 4.69) is 73.2 Å². The normalized spacial score (nSPS) is 10.5. The van der Waals surface area contributed by atoms with Crippen molar-refractivity contribution in [2.24, 2.45) is 0 Å². The van der Waals surface area contributed by atoms with Gasteiger partial charge in [0.25, 0.3) is 0 Å². The summed E-state index contributed by atoms with van der Waals surface area (Å²) in [4.78, 5) is 17.6. The van der Waals surface area contributed by atoms with Gasteiger partial charge in [-0.15, -0.1) is 19.6 Å². The van der Waals surface area contributed by atoms with Crippen LogP contribution in [0.15, 0.2) is 73.8 Å². The first-order chi connectivity index (χ1) is 17.6. The van der Waals surface area contributed by atoms with Gasteiger partial charge in [-0.05, 0) is 47.9 Å². The van der Waals surface area contributed by atoms with Crippen LogP contribution in [-0.4, -0.2) is 26.5 Å². The molecule has 6 nitrogen and oxygen atoms in total. The Morgan fingerprint density at radius 3 is 2.42 bits per heavy atom. The molecule has 0 atom stereocenters. The summed E-state index contributed by atoms with van der Waals surface area (Å²) in [6, 6.07) is 21.5. The Hall–Kier alpha value is -4.94. The number of aromatic nitrogens is 4. The molecule has 36 heavy (non-hydrogen) atoms. The van der Waals surface area contributed by atoms with Crippen molar-refractivity contribution in [1.82, 2.24) is 19.9 Å². The second kappa shape index (κ2) is 10.5. The van der Waals surface area contributed by atoms with Crippen LogP contribution >= 0.6 is 0 Å². The summed E-state index contributed by atoms with van der Waals surface area (Å²) in [7, 11) is 0. The molecule has 0 saturated carbocycles. The van der Waals surface area contributed by atoms with Crippen molar-refractivity contribution in [3.63, 3.8) is 0 Å². The van der Waals surface area contributed by atoms with Gasteiger partial charge in [-0.25, -0.2) is 15.0 Å². The molecule has 0 amide bonds. The van der Waals surface area contributed by atoms with Gasteiger partial charge in [0.05, 0.1) is 33.9 Å². The molecule has 0 spiro atoms. The number of H-pyrrole nitrogens is 1. The molecule has 3 aromatic carbocycles. The van der Waals surface area contributed by atoms with E-state index < -0.39 is 0 Å². The highest BCUT2D eigenvalue weighted by atomic mass is 16.5. The summed E-state index contributed by atoms with van der Waals surface area (Å²) in [6.45, 7) is 10.5. The van der Waals surface area contributed by atoms with Gasteiger partial charge in [0.2, 0.25) is 0 Å². The summed E-state index contributed by atoms with van der Waals surface area (Å²) < 4.78 is 5.64. The molecule has 6 heteroatoms. The van der Waals surface area contributed by atoms with Crippen molar-refractivity contribution in [1.29, 1.82) is 5.26 Å². The van der Waals surface area contributed by atoms with Gasteiger partial charge in [-0.1, -0.05) is 44.0 Å². The Balaban J connectivity index is 0.00000148. The Bertz CT molecular complexity index is 1620. The van der Waals surface area contributed by atoms with Crippen LogP contribution in [0, 0.1) is 23.7 Å². The average Bonchev–Trinajstić information content (AvgIpc) is 3.36. The van der Waals surface area contributed by atoms with Gasteiger partial charge in [-0.3, -0.25) is 0 Å². The minimum atomic E-state index is 0.187. The maximum absolute atomic E-state index is 9.20. The lowest BCUT2D eigenvalue weighted by Crippen LogP contribution is -1.98. The van der Waals surface area contributed by atoms with Crippen LogP contribution < -0.4 is 4.74 Å². The zero-order valence-electron chi connectivity index (χ0n) is 20.2. The van der Waals surface area contributed by atoms with E-state index in [1.165, 1.54) is 5.56 Å². The molecule has 176 valence electrons. The Labute approximate surface area is 210 Å². The van der Waals surface area contributed by atoms with Crippen LogP contribution in [-0.2, 0) is 0 Å².